The molecule has 3 heterocycles. The molecule has 0 saturated carbocycles. The number of aromatic nitrogens is 1. The molecule has 1 fully saturated rings. The molecule has 0 aliphatic carbocycles. The van der Waals surface area contributed by atoms with Gasteiger partial charge in [-0.3, -0.25) is 4.79 Å². The molecule has 2 atom stereocenters. The summed E-state index contributed by atoms with van der Waals surface area (Å²) in [6.45, 7) is 4.12. The van der Waals surface area contributed by atoms with E-state index >= 15 is 0 Å². The Hall–Kier alpha value is -1.88. The smallest absolute Gasteiger partial charge is 0.233 e. The summed E-state index contributed by atoms with van der Waals surface area (Å²) in [7, 11) is 0. The van der Waals surface area contributed by atoms with Crippen LogP contribution in [0.2, 0.25) is 0 Å². The van der Waals surface area contributed by atoms with Crippen molar-refractivity contribution in [2.75, 3.05) is 19.7 Å². The molecule has 1 aromatic carbocycles. The normalized spacial score (nSPS) is 23.4. The summed E-state index contributed by atoms with van der Waals surface area (Å²) in [5.74, 6) is 1.29. The average molecular weight is 328 g/mol. The lowest BCUT2D eigenvalue weighted by molar-refractivity contribution is -0.134. The fraction of sp³-hybridized carbons (Fsp3) is 0.444. The Balaban J connectivity index is 1.51. The first-order valence-corrected chi connectivity index (χ1v) is 9.03. The number of hydrogen-bond donors (Lipinski definition) is 0. The molecule has 2 aliphatic heterocycles. The summed E-state index contributed by atoms with van der Waals surface area (Å²) < 4.78 is 5.68. The molecule has 0 spiro atoms. The lowest BCUT2D eigenvalue weighted by Gasteiger charge is -2.33. The minimum atomic E-state index is -0.150. The molecule has 0 bridgehead atoms. The van der Waals surface area contributed by atoms with Crippen LogP contribution in [0.25, 0.3) is 0 Å². The number of hydrogen-bond acceptors (Lipinski definition) is 4. The van der Waals surface area contributed by atoms with Gasteiger partial charge in [-0.2, -0.15) is 0 Å². The second-order valence-electron chi connectivity index (χ2n) is 6.35. The van der Waals surface area contributed by atoms with Gasteiger partial charge < -0.3 is 9.64 Å². The molecule has 0 N–H and O–H groups in total. The number of likely N-dealkylation sites (tertiary alicyclic amines) is 1. The summed E-state index contributed by atoms with van der Waals surface area (Å²) in [5, 5.41) is 3.26. The Labute approximate surface area is 140 Å². The summed E-state index contributed by atoms with van der Waals surface area (Å²) in [4.78, 5) is 19.6. The number of fused-ring (bicyclic) bond motifs is 1. The minimum Gasteiger partial charge on any atom is -0.492 e. The third-order valence-corrected chi connectivity index (χ3v) is 5.84. The molecular formula is C18H20N2O2S. The van der Waals surface area contributed by atoms with Gasteiger partial charge in [-0.1, -0.05) is 18.2 Å². The maximum atomic E-state index is 13.0. The quantitative estimate of drug-likeness (QED) is 0.849. The van der Waals surface area contributed by atoms with Crippen molar-refractivity contribution >= 4 is 17.2 Å². The molecule has 1 aromatic heterocycles. The maximum Gasteiger partial charge on any atom is 0.233 e. The van der Waals surface area contributed by atoms with E-state index in [1.165, 1.54) is 5.01 Å². The van der Waals surface area contributed by atoms with Gasteiger partial charge in [0, 0.05) is 35.6 Å². The van der Waals surface area contributed by atoms with Gasteiger partial charge in [-0.15, -0.1) is 11.3 Å². The summed E-state index contributed by atoms with van der Waals surface area (Å²) in [5.41, 5.74) is 2.11. The molecular weight excluding hydrogens is 308 g/mol. The van der Waals surface area contributed by atoms with Crippen LogP contribution >= 0.6 is 11.3 Å². The lowest BCUT2D eigenvalue weighted by Crippen LogP contribution is -2.42. The van der Waals surface area contributed by atoms with Crippen molar-refractivity contribution < 1.29 is 9.53 Å². The third kappa shape index (κ3) is 2.74. The number of aryl methyl sites for hydroxylation is 1. The second kappa shape index (κ2) is 5.96. The van der Waals surface area contributed by atoms with Crippen LogP contribution in [0.4, 0.5) is 0 Å². The van der Waals surface area contributed by atoms with Gasteiger partial charge >= 0.3 is 0 Å². The fourth-order valence-electron chi connectivity index (χ4n) is 3.53. The van der Waals surface area contributed by atoms with Gasteiger partial charge in [0.15, 0.2) is 0 Å². The zero-order chi connectivity index (χ0) is 15.8. The van der Waals surface area contributed by atoms with E-state index in [-0.39, 0.29) is 11.8 Å². The number of nitrogens with zero attached hydrogens (tertiary/aromatic N) is 2. The highest BCUT2D eigenvalue weighted by atomic mass is 32.1. The lowest BCUT2D eigenvalue weighted by atomic mass is 9.95. The van der Waals surface area contributed by atoms with E-state index in [4.69, 9.17) is 4.74 Å². The van der Waals surface area contributed by atoms with Crippen LogP contribution in [0.1, 0.15) is 40.9 Å². The van der Waals surface area contributed by atoms with Crippen molar-refractivity contribution in [3.05, 3.63) is 45.9 Å². The van der Waals surface area contributed by atoms with Crippen LogP contribution in [-0.4, -0.2) is 35.5 Å². The van der Waals surface area contributed by atoms with Crippen molar-refractivity contribution in [3.63, 3.8) is 0 Å². The van der Waals surface area contributed by atoms with Crippen molar-refractivity contribution in [2.24, 2.45) is 0 Å². The van der Waals surface area contributed by atoms with Crippen LogP contribution in [0, 0.1) is 6.92 Å². The first-order valence-electron chi connectivity index (χ1n) is 8.15. The average Bonchev–Trinajstić information content (AvgIpc) is 3.20. The predicted molar refractivity (Wildman–Crippen MR) is 90.1 cm³/mol. The highest BCUT2D eigenvalue weighted by Gasteiger charge is 2.35. The van der Waals surface area contributed by atoms with E-state index in [0.717, 1.165) is 42.9 Å². The number of piperidine rings is 1. The molecule has 5 heteroatoms. The molecule has 2 unspecified atom stereocenters. The fourth-order valence-corrected chi connectivity index (χ4v) is 4.45. The number of para-hydroxylation sites is 1. The monoisotopic (exact) mass is 328 g/mol. The largest absolute Gasteiger partial charge is 0.492 e. The number of carbonyl (C=O) groups is 1. The SMILES string of the molecule is Cc1csc(C2CCCN(C(=O)C3COc4ccccc43)C2)n1. The van der Waals surface area contributed by atoms with Crippen LogP contribution in [0.15, 0.2) is 29.6 Å². The summed E-state index contributed by atoms with van der Waals surface area (Å²) >= 11 is 1.72. The van der Waals surface area contributed by atoms with Crippen molar-refractivity contribution in [2.45, 2.75) is 31.6 Å². The van der Waals surface area contributed by atoms with E-state index in [9.17, 15) is 4.79 Å². The van der Waals surface area contributed by atoms with Gasteiger partial charge in [0.05, 0.1) is 5.01 Å². The summed E-state index contributed by atoms with van der Waals surface area (Å²) in [6.07, 6.45) is 2.17. The molecule has 4 nitrogen and oxygen atoms in total. The number of thiazole rings is 1. The van der Waals surface area contributed by atoms with Crippen LogP contribution in [0.3, 0.4) is 0 Å². The predicted octanol–water partition coefficient (Wildman–Crippen LogP) is 3.33. The Kier molecular flexibility index (Phi) is 3.81. The third-order valence-electron chi connectivity index (χ3n) is 4.72. The molecule has 4 rings (SSSR count). The van der Waals surface area contributed by atoms with E-state index in [1.54, 1.807) is 11.3 Å². The summed E-state index contributed by atoms with van der Waals surface area (Å²) in [6, 6.07) is 7.88. The molecule has 1 saturated heterocycles. The van der Waals surface area contributed by atoms with E-state index in [0.29, 0.717) is 12.5 Å². The van der Waals surface area contributed by atoms with E-state index < -0.39 is 0 Å². The van der Waals surface area contributed by atoms with Gasteiger partial charge in [-0.25, -0.2) is 4.98 Å². The first kappa shape index (κ1) is 14.7. The van der Waals surface area contributed by atoms with Gasteiger partial charge in [0.25, 0.3) is 0 Å². The number of benzene rings is 1. The van der Waals surface area contributed by atoms with Crippen molar-refractivity contribution in [3.8, 4) is 5.75 Å². The standard InChI is InChI=1S/C18H20N2O2S/c1-12-11-23-17(19-12)13-5-4-8-20(9-13)18(21)15-10-22-16-7-3-2-6-14(15)16/h2-3,6-7,11,13,15H,4-5,8-10H2,1H3. The molecule has 0 radical (unpaired) electrons. The van der Waals surface area contributed by atoms with Crippen LogP contribution in [0.5, 0.6) is 5.75 Å². The van der Waals surface area contributed by atoms with Crippen molar-refractivity contribution in [1.29, 1.82) is 0 Å². The van der Waals surface area contributed by atoms with E-state index in [2.05, 4.69) is 10.4 Å². The zero-order valence-electron chi connectivity index (χ0n) is 13.2. The van der Waals surface area contributed by atoms with Crippen LogP contribution < -0.4 is 4.74 Å². The topological polar surface area (TPSA) is 42.4 Å². The second-order valence-corrected chi connectivity index (χ2v) is 7.24. The zero-order valence-corrected chi connectivity index (χ0v) is 14.0. The highest BCUT2D eigenvalue weighted by Crippen LogP contribution is 2.36. The molecule has 2 aliphatic rings. The van der Waals surface area contributed by atoms with E-state index in [1.807, 2.05) is 36.1 Å². The minimum absolute atomic E-state index is 0.150. The first-order chi connectivity index (χ1) is 11.2. The van der Waals surface area contributed by atoms with Gasteiger partial charge in [0.1, 0.15) is 18.3 Å². The maximum absolute atomic E-state index is 13.0. The number of carbonyl (C=O) groups excluding carboxylic acids is 1. The van der Waals surface area contributed by atoms with Crippen LogP contribution in [-0.2, 0) is 4.79 Å². The number of rotatable bonds is 2. The van der Waals surface area contributed by atoms with Crippen molar-refractivity contribution in [1.82, 2.24) is 9.88 Å². The number of ether oxygens (including phenoxy) is 1. The molecule has 23 heavy (non-hydrogen) atoms. The Morgan fingerprint density at radius 3 is 3.09 bits per heavy atom. The molecule has 1 amide bonds. The Morgan fingerprint density at radius 1 is 1.39 bits per heavy atom. The molecule has 2 aromatic rings. The van der Waals surface area contributed by atoms with Gasteiger partial charge in [-0.05, 0) is 25.8 Å². The molecule has 120 valence electrons. The Bertz CT molecular complexity index is 727. The highest BCUT2D eigenvalue weighted by molar-refractivity contribution is 7.09. The Morgan fingerprint density at radius 2 is 2.26 bits per heavy atom. The number of amides is 1. The van der Waals surface area contributed by atoms with Gasteiger partial charge in [0.2, 0.25) is 5.91 Å².